The Kier molecular flexibility index (Phi) is 5.08. The van der Waals surface area contributed by atoms with E-state index in [0.717, 1.165) is 44.9 Å². The highest BCUT2D eigenvalue weighted by Gasteiger charge is 2.16. The fraction of sp³-hybridized carbons (Fsp3) is 0.500. The minimum atomic E-state index is -1.08. The molecule has 7 heteroatoms. The molecule has 0 spiro atoms. The zero-order valence-electron chi connectivity index (χ0n) is 12.0. The predicted octanol–water partition coefficient (Wildman–Crippen LogP) is 0.524. The first-order valence-electron chi connectivity index (χ1n) is 6.91. The van der Waals surface area contributed by atoms with Gasteiger partial charge in [-0.2, -0.15) is 0 Å². The summed E-state index contributed by atoms with van der Waals surface area (Å²) < 4.78 is 26.1. The monoisotopic (exact) mass is 298 g/mol. The van der Waals surface area contributed by atoms with Gasteiger partial charge in [-0.25, -0.2) is 8.78 Å². The summed E-state index contributed by atoms with van der Waals surface area (Å²) in [5.74, 6) is -2.62. The highest BCUT2D eigenvalue weighted by molar-refractivity contribution is 5.99. The average Bonchev–Trinajstić information content (AvgIpc) is 2.45. The molecule has 0 saturated carbocycles. The SMILES string of the molecule is CN1CCN(CCNC(=O)c2cc(F)c(F)cc2N)CC1. The fourth-order valence-corrected chi connectivity index (χ4v) is 2.25. The van der Waals surface area contributed by atoms with Gasteiger partial charge in [0.15, 0.2) is 11.6 Å². The highest BCUT2D eigenvalue weighted by Crippen LogP contribution is 2.16. The molecule has 1 aromatic carbocycles. The number of carbonyl (C=O) groups is 1. The van der Waals surface area contributed by atoms with E-state index in [1.807, 2.05) is 0 Å². The van der Waals surface area contributed by atoms with Gasteiger partial charge in [0.1, 0.15) is 0 Å². The number of piperazine rings is 1. The van der Waals surface area contributed by atoms with E-state index in [-0.39, 0.29) is 11.3 Å². The Morgan fingerprint density at radius 3 is 2.52 bits per heavy atom. The van der Waals surface area contributed by atoms with Crippen LogP contribution in [0.5, 0.6) is 0 Å². The molecule has 3 N–H and O–H groups in total. The first-order chi connectivity index (χ1) is 9.97. The summed E-state index contributed by atoms with van der Waals surface area (Å²) in [6.45, 7) is 5.09. The molecule has 2 rings (SSSR count). The summed E-state index contributed by atoms with van der Waals surface area (Å²) in [4.78, 5) is 16.4. The molecule has 116 valence electrons. The molecule has 5 nitrogen and oxygen atoms in total. The number of nitrogens with zero attached hydrogens (tertiary/aromatic N) is 2. The maximum absolute atomic E-state index is 13.1. The standard InChI is InChI=1S/C14H20F2N4O/c1-19-4-6-20(7-5-19)3-2-18-14(21)10-8-11(15)12(16)9-13(10)17/h8-9H,2-7,17H2,1H3,(H,18,21). The van der Waals surface area contributed by atoms with E-state index >= 15 is 0 Å². The molecule has 0 bridgehead atoms. The molecule has 1 amide bonds. The Balaban J connectivity index is 1.83. The quantitative estimate of drug-likeness (QED) is 0.796. The first kappa shape index (κ1) is 15.7. The second kappa shape index (κ2) is 6.82. The lowest BCUT2D eigenvalue weighted by Gasteiger charge is -2.32. The molecule has 0 aromatic heterocycles. The van der Waals surface area contributed by atoms with Crippen molar-refractivity contribution < 1.29 is 13.6 Å². The van der Waals surface area contributed by atoms with Crippen LogP contribution in [0, 0.1) is 11.6 Å². The van der Waals surface area contributed by atoms with E-state index < -0.39 is 17.5 Å². The van der Waals surface area contributed by atoms with Crippen LogP contribution in [-0.4, -0.2) is 62.0 Å². The third-order valence-corrected chi connectivity index (χ3v) is 3.65. The molecule has 0 unspecified atom stereocenters. The molecule has 1 aliphatic heterocycles. The van der Waals surface area contributed by atoms with E-state index in [1.165, 1.54) is 0 Å². The lowest BCUT2D eigenvalue weighted by Crippen LogP contribution is -2.46. The van der Waals surface area contributed by atoms with Crippen molar-refractivity contribution in [3.8, 4) is 0 Å². The zero-order valence-corrected chi connectivity index (χ0v) is 12.0. The van der Waals surface area contributed by atoms with Crippen LogP contribution in [0.2, 0.25) is 0 Å². The Labute approximate surface area is 122 Å². The number of halogens is 2. The normalized spacial score (nSPS) is 16.9. The van der Waals surface area contributed by atoms with Crippen LogP contribution in [0.4, 0.5) is 14.5 Å². The Morgan fingerprint density at radius 1 is 1.24 bits per heavy atom. The van der Waals surface area contributed by atoms with Crippen molar-refractivity contribution in [1.82, 2.24) is 15.1 Å². The van der Waals surface area contributed by atoms with Gasteiger partial charge in [0.25, 0.3) is 5.91 Å². The van der Waals surface area contributed by atoms with Gasteiger partial charge in [-0.1, -0.05) is 0 Å². The van der Waals surface area contributed by atoms with Crippen molar-refractivity contribution in [2.24, 2.45) is 0 Å². The zero-order chi connectivity index (χ0) is 15.4. The number of rotatable bonds is 4. The number of amides is 1. The second-order valence-electron chi connectivity index (χ2n) is 5.25. The van der Waals surface area contributed by atoms with Gasteiger partial charge in [-0.15, -0.1) is 0 Å². The summed E-state index contributed by atoms with van der Waals surface area (Å²) in [5, 5.41) is 2.68. The smallest absolute Gasteiger partial charge is 0.253 e. The van der Waals surface area contributed by atoms with Crippen molar-refractivity contribution in [2.75, 3.05) is 52.0 Å². The summed E-state index contributed by atoms with van der Waals surface area (Å²) >= 11 is 0. The first-order valence-corrected chi connectivity index (χ1v) is 6.91. The summed E-state index contributed by atoms with van der Waals surface area (Å²) in [5.41, 5.74) is 5.44. The van der Waals surface area contributed by atoms with Crippen LogP contribution in [0.3, 0.4) is 0 Å². The summed E-state index contributed by atoms with van der Waals surface area (Å²) in [7, 11) is 2.07. The van der Waals surface area contributed by atoms with Crippen molar-refractivity contribution >= 4 is 11.6 Å². The van der Waals surface area contributed by atoms with Crippen LogP contribution in [0.15, 0.2) is 12.1 Å². The number of nitrogens with two attached hydrogens (primary N) is 1. The van der Waals surface area contributed by atoms with E-state index in [0.29, 0.717) is 6.54 Å². The molecule has 0 aliphatic carbocycles. The Hall–Kier alpha value is -1.73. The highest BCUT2D eigenvalue weighted by atomic mass is 19.2. The number of hydrogen-bond donors (Lipinski definition) is 2. The molecular weight excluding hydrogens is 278 g/mol. The van der Waals surface area contributed by atoms with Crippen LogP contribution in [-0.2, 0) is 0 Å². The minimum Gasteiger partial charge on any atom is -0.398 e. The molecule has 0 atom stereocenters. The third-order valence-electron chi connectivity index (χ3n) is 3.65. The van der Waals surface area contributed by atoms with Crippen molar-refractivity contribution in [3.63, 3.8) is 0 Å². The predicted molar refractivity (Wildman–Crippen MR) is 77.0 cm³/mol. The van der Waals surface area contributed by atoms with Gasteiger partial charge in [0.05, 0.1) is 5.56 Å². The number of anilines is 1. The molecular formula is C14H20F2N4O. The molecule has 0 radical (unpaired) electrons. The van der Waals surface area contributed by atoms with Crippen LogP contribution >= 0.6 is 0 Å². The number of likely N-dealkylation sites (N-methyl/N-ethyl adjacent to an activating group) is 1. The van der Waals surface area contributed by atoms with Crippen LogP contribution < -0.4 is 11.1 Å². The third kappa shape index (κ3) is 4.12. The number of hydrogen-bond acceptors (Lipinski definition) is 4. The average molecular weight is 298 g/mol. The van der Waals surface area contributed by atoms with Gasteiger partial charge in [0.2, 0.25) is 0 Å². The Bertz CT molecular complexity index is 516. The molecule has 21 heavy (non-hydrogen) atoms. The van der Waals surface area contributed by atoms with Gasteiger partial charge >= 0.3 is 0 Å². The summed E-state index contributed by atoms with van der Waals surface area (Å²) in [6, 6.07) is 1.65. The lowest BCUT2D eigenvalue weighted by atomic mass is 10.1. The number of nitrogens with one attached hydrogen (secondary N) is 1. The van der Waals surface area contributed by atoms with Crippen molar-refractivity contribution in [1.29, 1.82) is 0 Å². The molecule has 1 saturated heterocycles. The molecule has 1 heterocycles. The van der Waals surface area contributed by atoms with Gasteiger partial charge < -0.3 is 16.0 Å². The summed E-state index contributed by atoms with van der Waals surface area (Å²) in [6.07, 6.45) is 0. The Morgan fingerprint density at radius 2 is 1.86 bits per heavy atom. The maximum Gasteiger partial charge on any atom is 0.253 e. The van der Waals surface area contributed by atoms with Crippen molar-refractivity contribution in [2.45, 2.75) is 0 Å². The molecule has 1 aliphatic rings. The van der Waals surface area contributed by atoms with E-state index in [4.69, 9.17) is 5.73 Å². The minimum absolute atomic E-state index is 0.0349. The van der Waals surface area contributed by atoms with Crippen molar-refractivity contribution in [3.05, 3.63) is 29.3 Å². The van der Waals surface area contributed by atoms with Crippen LogP contribution in [0.25, 0.3) is 0 Å². The second-order valence-corrected chi connectivity index (χ2v) is 5.25. The maximum atomic E-state index is 13.1. The van der Waals surface area contributed by atoms with Gasteiger partial charge in [-0.05, 0) is 13.1 Å². The number of benzene rings is 1. The number of nitrogen functional groups attached to an aromatic ring is 1. The van der Waals surface area contributed by atoms with E-state index in [1.54, 1.807) is 0 Å². The molecule has 1 aromatic rings. The number of carbonyl (C=O) groups excluding carboxylic acids is 1. The molecule has 1 fully saturated rings. The van der Waals surface area contributed by atoms with Crippen LogP contribution in [0.1, 0.15) is 10.4 Å². The van der Waals surface area contributed by atoms with Gasteiger partial charge in [-0.3, -0.25) is 9.69 Å². The largest absolute Gasteiger partial charge is 0.398 e. The lowest BCUT2D eigenvalue weighted by molar-refractivity contribution is 0.0941. The van der Waals surface area contributed by atoms with E-state index in [9.17, 15) is 13.6 Å². The topological polar surface area (TPSA) is 61.6 Å². The van der Waals surface area contributed by atoms with Gasteiger partial charge in [0, 0.05) is 51.0 Å². The van der Waals surface area contributed by atoms with E-state index in [2.05, 4.69) is 22.2 Å². The fourth-order valence-electron chi connectivity index (χ4n) is 2.25.